The molecule has 1 heterocycles. The second-order valence-corrected chi connectivity index (χ2v) is 9.62. The highest BCUT2D eigenvalue weighted by Gasteiger charge is 2.39. The van der Waals surface area contributed by atoms with E-state index < -0.39 is 29.7 Å². The predicted octanol–water partition coefficient (Wildman–Crippen LogP) is 3.13. The first-order valence-electron chi connectivity index (χ1n) is 11.5. The number of β-amino-alcohol motifs (C(OH)–C–C–N with tert-alkyl or cyclic N) is 1. The van der Waals surface area contributed by atoms with Crippen molar-refractivity contribution >= 4 is 18.0 Å². The van der Waals surface area contributed by atoms with Crippen molar-refractivity contribution in [2.24, 2.45) is 0 Å². The van der Waals surface area contributed by atoms with Crippen LogP contribution in [0, 0.1) is 0 Å². The van der Waals surface area contributed by atoms with Crippen LogP contribution in [0.4, 0.5) is 4.79 Å². The van der Waals surface area contributed by atoms with Crippen molar-refractivity contribution in [3.8, 4) is 11.1 Å². The molecule has 2 unspecified atom stereocenters. The molecule has 1 saturated heterocycles. The van der Waals surface area contributed by atoms with Crippen LogP contribution in [0.1, 0.15) is 50.2 Å². The van der Waals surface area contributed by atoms with Crippen molar-refractivity contribution in [3.05, 3.63) is 59.7 Å². The standard InChI is InChI=1S/C26H30N2O6/c1-26(2,12-11-23(30)28-14-16(29)13-22(28)24(31)32)27-25(33)34-15-21-19-9-5-3-7-17(19)18-8-4-6-10-20(18)21/h3-10,16,21-22,29H,11-15H2,1-2H3,(H,27,33)(H,31,32). The summed E-state index contributed by atoms with van der Waals surface area (Å²) in [7, 11) is 0. The van der Waals surface area contributed by atoms with Gasteiger partial charge in [-0.3, -0.25) is 4.79 Å². The molecule has 1 aliphatic carbocycles. The summed E-state index contributed by atoms with van der Waals surface area (Å²) in [6, 6.07) is 15.2. The monoisotopic (exact) mass is 466 g/mol. The Kier molecular flexibility index (Phi) is 6.61. The van der Waals surface area contributed by atoms with Crippen molar-refractivity contribution in [2.45, 2.75) is 56.7 Å². The molecule has 0 bridgehead atoms. The molecule has 8 nitrogen and oxygen atoms in total. The normalized spacial score (nSPS) is 19.4. The molecule has 1 fully saturated rings. The number of aliphatic hydroxyl groups is 1. The number of aliphatic carboxylic acids is 1. The van der Waals surface area contributed by atoms with E-state index in [0.29, 0.717) is 6.42 Å². The molecule has 0 spiro atoms. The number of nitrogens with zero attached hydrogens (tertiary/aromatic N) is 1. The van der Waals surface area contributed by atoms with Crippen LogP contribution < -0.4 is 5.32 Å². The van der Waals surface area contributed by atoms with Gasteiger partial charge in [-0.25, -0.2) is 9.59 Å². The number of likely N-dealkylation sites (tertiary alicyclic amines) is 1. The lowest BCUT2D eigenvalue weighted by molar-refractivity contribution is -0.148. The zero-order valence-corrected chi connectivity index (χ0v) is 19.4. The van der Waals surface area contributed by atoms with Gasteiger partial charge >= 0.3 is 12.1 Å². The summed E-state index contributed by atoms with van der Waals surface area (Å²) in [5, 5.41) is 21.9. The lowest BCUT2D eigenvalue weighted by Gasteiger charge is -2.28. The minimum Gasteiger partial charge on any atom is -0.480 e. The number of aliphatic hydroxyl groups excluding tert-OH is 1. The van der Waals surface area contributed by atoms with E-state index in [1.54, 1.807) is 13.8 Å². The van der Waals surface area contributed by atoms with E-state index >= 15 is 0 Å². The van der Waals surface area contributed by atoms with Gasteiger partial charge in [0.2, 0.25) is 5.91 Å². The Morgan fingerprint density at radius 2 is 1.65 bits per heavy atom. The Morgan fingerprint density at radius 1 is 1.06 bits per heavy atom. The number of rotatable bonds is 7. The van der Waals surface area contributed by atoms with Crippen molar-refractivity contribution < 1.29 is 29.3 Å². The number of alkyl carbamates (subject to hydrolysis) is 1. The fourth-order valence-electron chi connectivity index (χ4n) is 4.86. The van der Waals surface area contributed by atoms with E-state index in [4.69, 9.17) is 4.74 Å². The molecule has 2 aliphatic rings. The number of benzene rings is 2. The van der Waals surface area contributed by atoms with E-state index in [9.17, 15) is 24.6 Å². The molecule has 1 aliphatic heterocycles. The number of hydrogen-bond acceptors (Lipinski definition) is 5. The van der Waals surface area contributed by atoms with Gasteiger partial charge in [0.15, 0.2) is 0 Å². The van der Waals surface area contributed by atoms with Gasteiger partial charge in [-0.2, -0.15) is 0 Å². The van der Waals surface area contributed by atoms with Gasteiger partial charge in [0.05, 0.1) is 6.10 Å². The van der Waals surface area contributed by atoms with E-state index in [1.165, 1.54) is 4.90 Å². The van der Waals surface area contributed by atoms with Crippen LogP contribution >= 0.6 is 0 Å². The smallest absolute Gasteiger partial charge is 0.407 e. The van der Waals surface area contributed by atoms with Gasteiger partial charge in [-0.05, 0) is 42.5 Å². The number of carbonyl (C=O) groups excluding carboxylic acids is 2. The molecule has 2 atom stereocenters. The number of carbonyl (C=O) groups is 3. The third-order valence-electron chi connectivity index (χ3n) is 6.63. The third-order valence-corrected chi connectivity index (χ3v) is 6.63. The largest absolute Gasteiger partial charge is 0.480 e. The lowest BCUT2D eigenvalue weighted by atomic mass is 9.97. The van der Waals surface area contributed by atoms with E-state index in [0.717, 1.165) is 22.3 Å². The summed E-state index contributed by atoms with van der Waals surface area (Å²) in [5.41, 5.74) is 3.81. The maximum Gasteiger partial charge on any atom is 0.407 e. The zero-order chi connectivity index (χ0) is 24.5. The van der Waals surface area contributed by atoms with Crippen LogP contribution in [0.15, 0.2) is 48.5 Å². The topological polar surface area (TPSA) is 116 Å². The van der Waals surface area contributed by atoms with Crippen molar-refractivity contribution in [2.75, 3.05) is 13.2 Å². The van der Waals surface area contributed by atoms with Crippen LogP contribution in [-0.2, 0) is 14.3 Å². The molecular weight excluding hydrogens is 436 g/mol. The quantitative estimate of drug-likeness (QED) is 0.577. The Balaban J connectivity index is 1.32. The maximum atomic E-state index is 12.6. The molecule has 2 aromatic carbocycles. The number of carboxylic acid groups (broad SMARTS) is 1. The highest BCUT2D eigenvalue weighted by molar-refractivity contribution is 5.84. The second kappa shape index (κ2) is 9.46. The van der Waals surface area contributed by atoms with E-state index in [2.05, 4.69) is 29.6 Å². The summed E-state index contributed by atoms with van der Waals surface area (Å²) in [5.74, 6) is -1.52. The van der Waals surface area contributed by atoms with Crippen molar-refractivity contribution in [3.63, 3.8) is 0 Å². The van der Waals surface area contributed by atoms with Gasteiger partial charge in [0, 0.05) is 30.8 Å². The molecule has 8 heteroatoms. The molecule has 4 rings (SSSR count). The SMILES string of the molecule is CC(C)(CCC(=O)N1CC(O)CC1C(=O)O)NC(=O)OCC1c2ccccc2-c2ccccc21. The Hall–Kier alpha value is -3.39. The molecule has 34 heavy (non-hydrogen) atoms. The summed E-state index contributed by atoms with van der Waals surface area (Å²) in [6.07, 6.45) is -1.03. The number of ether oxygens (including phenoxy) is 1. The Morgan fingerprint density at radius 3 is 2.24 bits per heavy atom. The van der Waals surface area contributed by atoms with Crippen LogP contribution in [-0.4, -0.2) is 63.9 Å². The molecule has 2 aromatic rings. The van der Waals surface area contributed by atoms with Crippen LogP contribution in [0.5, 0.6) is 0 Å². The summed E-state index contributed by atoms with van der Waals surface area (Å²) in [6.45, 7) is 3.78. The first-order valence-corrected chi connectivity index (χ1v) is 11.5. The zero-order valence-electron chi connectivity index (χ0n) is 19.4. The first kappa shape index (κ1) is 23.8. The minimum absolute atomic E-state index is 0.00996. The Bertz CT molecular complexity index is 1050. The molecule has 180 valence electrons. The summed E-state index contributed by atoms with van der Waals surface area (Å²) in [4.78, 5) is 37.7. The number of carboxylic acids is 1. The highest BCUT2D eigenvalue weighted by Crippen LogP contribution is 2.44. The van der Waals surface area contributed by atoms with Crippen LogP contribution in [0.25, 0.3) is 11.1 Å². The molecule has 0 saturated carbocycles. The average molecular weight is 467 g/mol. The van der Waals surface area contributed by atoms with Gasteiger partial charge in [-0.1, -0.05) is 48.5 Å². The molecule has 0 radical (unpaired) electrons. The minimum atomic E-state index is -1.12. The van der Waals surface area contributed by atoms with Gasteiger partial charge in [0.1, 0.15) is 12.6 Å². The molecule has 3 N–H and O–H groups in total. The molecule has 0 aromatic heterocycles. The average Bonchev–Trinajstić information content (AvgIpc) is 3.34. The third kappa shape index (κ3) is 4.92. The summed E-state index contributed by atoms with van der Waals surface area (Å²) < 4.78 is 5.59. The fourth-order valence-corrected chi connectivity index (χ4v) is 4.86. The number of hydrogen-bond donors (Lipinski definition) is 3. The highest BCUT2D eigenvalue weighted by atomic mass is 16.5. The van der Waals surface area contributed by atoms with Crippen LogP contribution in [0.2, 0.25) is 0 Å². The van der Waals surface area contributed by atoms with Crippen molar-refractivity contribution in [1.29, 1.82) is 0 Å². The predicted molar refractivity (Wildman–Crippen MR) is 125 cm³/mol. The Labute approximate surface area is 198 Å². The van der Waals surface area contributed by atoms with Gasteiger partial charge < -0.3 is 25.2 Å². The van der Waals surface area contributed by atoms with Crippen molar-refractivity contribution in [1.82, 2.24) is 10.2 Å². The molecule has 2 amide bonds. The summed E-state index contributed by atoms with van der Waals surface area (Å²) >= 11 is 0. The second-order valence-electron chi connectivity index (χ2n) is 9.62. The maximum absolute atomic E-state index is 12.6. The number of nitrogens with one attached hydrogen (secondary N) is 1. The van der Waals surface area contributed by atoms with E-state index in [1.807, 2.05) is 24.3 Å². The first-order chi connectivity index (χ1) is 16.2. The van der Waals surface area contributed by atoms with E-state index in [-0.39, 0.29) is 37.8 Å². The lowest BCUT2D eigenvalue weighted by Crippen LogP contribution is -2.46. The van der Waals surface area contributed by atoms with Crippen LogP contribution in [0.3, 0.4) is 0 Å². The number of fused-ring (bicyclic) bond motifs is 3. The van der Waals surface area contributed by atoms with Gasteiger partial charge in [-0.15, -0.1) is 0 Å². The number of amides is 2. The molecular formula is C26H30N2O6. The fraction of sp³-hybridized carbons (Fsp3) is 0.423. The van der Waals surface area contributed by atoms with Gasteiger partial charge in [0.25, 0.3) is 0 Å².